The van der Waals surface area contributed by atoms with Gasteiger partial charge in [0.25, 0.3) is 5.91 Å². The first kappa shape index (κ1) is 12.9. The van der Waals surface area contributed by atoms with E-state index in [-0.39, 0.29) is 16.8 Å². The minimum atomic E-state index is -0.665. The highest BCUT2D eigenvalue weighted by Crippen LogP contribution is 2.18. The molecule has 19 heavy (non-hydrogen) atoms. The second-order valence-electron chi connectivity index (χ2n) is 4.02. The lowest BCUT2D eigenvalue weighted by atomic mass is 10.1. The number of rotatable bonds is 2. The maximum atomic E-state index is 13.8. The smallest absolute Gasteiger partial charge is 0.258 e. The molecule has 0 aliphatic rings. The fourth-order valence-electron chi connectivity index (χ4n) is 1.61. The molecule has 0 unspecified atom stereocenters. The molecule has 1 aromatic heterocycles. The highest BCUT2D eigenvalue weighted by atomic mass is 19.1. The predicted octanol–water partition coefficient (Wildman–Crippen LogP) is 2.50. The quantitative estimate of drug-likeness (QED) is 0.646. The van der Waals surface area contributed by atoms with Crippen molar-refractivity contribution in [1.29, 1.82) is 0 Å². The third kappa shape index (κ3) is 2.85. The van der Waals surface area contributed by atoms with Crippen molar-refractivity contribution in [3.63, 3.8) is 0 Å². The van der Waals surface area contributed by atoms with E-state index >= 15 is 0 Å². The largest absolute Gasteiger partial charge is 0.399 e. The Kier molecular flexibility index (Phi) is 3.41. The fraction of sp³-hybridized carbons (Fsp3) is 0.0769. The van der Waals surface area contributed by atoms with Gasteiger partial charge >= 0.3 is 0 Å². The van der Waals surface area contributed by atoms with Crippen molar-refractivity contribution in [3.8, 4) is 0 Å². The molecule has 0 radical (unpaired) electrons. The van der Waals surface area contributed by atoms with Crippen molar-refractivity contribution in [2.45, 2.75) is 6.92 Å². The topological polar surface area (TPSA) is 68.0 Å². The van der Waals surface area contributed by atoms with Crippen LogP contribution in [0.3, 0.4) is 0 Å². The van der Waals surface area contributed by atoms with Crippen LogP contribution in [-0.2, 0) is 0 Å². The van der Waals surface area contributed by atoms with E-state index in [1.54, 1.807) is 0 Å². The molecule has 0 bridgehead atoms. The van der Waals surface area contributed by atoms with Gasteiger partial charge in [-0.3, -0.25) is 4.79 Å². The van der Waals surface area contributed by atoms with Gasteiger partial charge in [0.15, 0.2) is 0 Å². The van der Waals surface area contributed by atoms with E-state index in [0.717, 1.165) is 12.3 Å². The van der Waals surface area contributed by atoms with Crippen LogP contribution in [0.2, 0.25) is 0 Å². The van der Waals surface area contributed by atoms with Crippen molar-refractivity contribution in [2.75, 3.05) is 11.1 Å². The van der Waals surface area contributed by atoms with Gasteiger partial charge < -0.3 is 11.1 Å². The molecule has 6 heteroatoms. The van der Waals surface area contributed by atoms with E-state index in [1.807, 2.05) is 0 Å². The van der Waals surface area contributed by atoms with E-state index < -0.39 is 17.7 Å². The van der Waals surface area contributed by atoms with Gasteiger partial charge in [0.1, 0.15) is 5.82 Å². The summed E-state index contributed by atoms with van der Waals surface area (Å²) in [5.41, 5.74) is 6.25. The number of nitrogens with two attached hydrogens (primary N) is 1. The Labute approximate surface area is 108 Å². The Bertz CT molecular complexity index is 627. The summed E-state index contributed by atoms with van der Waals surface area (Å²) in [5, 5.41) is 2.42. The maximum absolute atomic E-state index is 13.8. The molecular weight excluding hydrogens is 252 g/mol. The predicted molar refractivity (Wildman–Crippen MR) is 67.7 cm³/mol. The zero-order chi connectivity index (χ0) is 14.0. The molecule has 98 valence electrons. The molecule has 2 aromatic rings. The first-order valence-corrected chi connectivity index (χ1v) is 5.46. The highest BCUT2D eigenvalue weighted by Gasteiger charge is 2.15. The number of carbonyl (C=O) groups excluding carboxylic acids is 1. The second-order valence-corrected chi connectivity index (χ2v) is 4.02. The average Bonchev–Trinajstić information content (AvgIpc) is 2.36. The number of anilines is 2. The summed E-state index contributed by atoms with van der Waals surface area (Å²) in [7, 11) is 0. The molecule has 3 N–H and O–H groups in total. The van der Waals surface area contributed by atoms with Crippen LogP contribution in [-0.4, -0.2) is 10.9 Å². The number of nitrogens with zero attached hydrogens (tertiary/aromatic N) is 1. The van der Waals surface area contributed by atoms with E-state index in [1.165, 1.54) is 25.1 Å². The molecule has 0 atom stereocenters. The zero-order valence-electron chi connectivity index (χ0n) is 10.1. The first-order chi connectivity index (χ1) is 8.97. The summed E-state index contributed by atoms with van der Waals surface area (Å²) in [6, 6.07) is 5.11. The molecule has 1 amide bonds. The summed E-state index contributed by atoms with van der Waals surface area (Å²) < 4.78 is 26.4. The Morgan fingerprint density at radius 3 is 2.68 bits per heavy atom. The number of nitrogens with one attached hydrogen (secondary N) is 1. The van der Waals surface area contributed by atoms with Crippen LogP contribution in [0.25, 0.3) is 0 Å². The third-order valence-corrected chi connectivity index (χ3v) is 2.51. The highest BCUT2D eigenvalue weighted by molar-refractivity contribution is 6.05. The molecule has 0 fully saturated rings. The lowest BCUT2D eigenvalue weighted by Crippen LogP contribution is -2.15. The summed E-state index contributed by atoms with van der Waals surface area (Å²) in [4.78, 5) is 15.3. The summed E-state index contributed by atoms with van der Waals surface area (Å²) in [6.45, 7) is 1.52. The molecular formula is C13H11F2N3O. The van der Waals surface area contributed by atoms with Gasteiger partial charge in [-0.05, 0) is 36.8 Å². The van der Waals surface area contributed by atoms with Crippen LogP contribution in [0, 0.1) is 18.7 Å². The van der Waals surface area contributed by atoms with Crippen LogP contribution in [0.5, 0.6) is 0 Å². The molecule has 4 nitrogen and oxygen atoms in total. The number of pyridine rings is 1. The number of hydrogen-bond donors (Lipinski definition) is 2. The van der Waals surface area contributed by atoms with Gasteiger partial charge in [-0.15, -0.1) is 0 Å². The molecule has 0 aliphatic heterocycles. The number of hydrogen-bond acceptors (Lipinski definition) is 3. The normalized spacial score (nSPS) is 10.3. The lowest BCUT2D eigenvalue weighted by Gasteiger charge is -2.08. The summed E-state index contributed by atoms with van der Waals surface area (Å²) in [5.74, 6) is -1.97. The van der Waals surface area contributed by atoms with Crippen LogP contribution in [0.4, 0.5) is 20.2 Å². The van der Waals surface area contributed by atoms with Crippen molar-refractivity contribution >= 4 is 17.3 Å². The zero-order valence-corrected chi connectivity index (χ0v) is 10.1. The van der Waals surface area contributed by atoms with Crippen LogP contribution >= 0.6 is 0 Å². The Hall–Kier alpha value is -2.50. The summed E-state index contributed by atoms with van der Waals surface area (Å²) >= 11 is 0. The Morgan fingerprint density at radius 2 is 2.05 bits per heavy atom. The number of amides is 1. The molecule has 2 rings (SSSR count). The number of carbonyl (C=O) groups is 1. The summed E-state index contributed by atoms with van der Waals surface area (Å²) in [6.07, 6.45) is 1.14. The molecule has 0 spiro atoms. The number of aromatic nitrogens is 1. The first-order valence-electron chi connectivity index (χ1n) is 5.46. The lowest BCUT2D eigenvalue weighted by molar-refractivity contribution is 0.102. The van der Waals surface area contributed by atoms with E-state index in [9.17, 15) is 13.6 Å². The molecule has 1 heterocycles. The molecule has 0 saturated heterocycles. The third-order valence-electron chi connectivity index (χ3n) is 2.51. The molecule has 1 aromatic carbocycles. The van der Waals surface area contributed by atoms with E-state index in [0.29, 0.717) is 5.69 Å². The average molecular weight is 263 g/mol. The standard InChI is InChI=1S/C13H11F2N3O/c1-7-4-8(16)5-10(12(7)15)13(19)18-9-2-3-11(14)17-6-9/h2-6H,16H2,1H3,(H,18,19). The van der Waals surface area contributed by atoms with Gasteiger partial charge in [-0.25, -0.2) is 9.37 Å². The van der Waals surface area contributed by atoms with Crippen molar-refractivity contribution in [3.05, 3.63) is 53.4 Å². The van der Waals surface area contributed by atoms with Crippen molar-refractivity contribution in [2.24, 2.45) is 0 Å². The van der Waals surface area contributed by atoms with Gasteiger partial charge in [-0.1, -0.05) is 0 Å². The SMILES string of the molecule is Cc1cc(N)cc(C(=O)Nc2ccc(F)nc2)c1F. The monoisotopic (exact) mass is 263 g/mol. The number of nitrogen functional groups attached to an aromatic ring is 1. The number of halogens is 2. The number of aryl methyl sites for hydroxylation is 1. The fourth-order valence-corrected chi connectivity index (χ4v) is 1.61. The van der Waals surface area contributed by atoms with Crippen molar-refractivity contribution in [1.82, 2.24) is 4.98 Å². The maximum Gasteiger partial charge on any atom is 0.258 e. The van der Waals surface area contributed by atoms with E-state index in [2.05, 4.69) is 10.3 Å². The van der Waals surface area contributed by atoms with Crippen molar-refractivity contribution < 1.29 is 13.6 Å². The Morgan fingerprint density at radius 1 is 1.32 bits per heavy atom. The van der Waals surface area contributed by atoms with Crippen LogP contribution in [0.15, 0.2) is 30.5 Å². The number of benzene rings is 1. The Balaban J connectivity index is 2.27. The van der Waals surface area contributed by atoms with Gasteiger partial charge in [0.2, 0.25) is 5.95 Å². The molecule has 0 saturated carbocycles. The van der Waals surface area contributed by atoms with Crippen LogP contribution in [0.1, 0.15) is 15.9 Å². The van der Waals surface area contributed by atoms with Gasteiger partial charge in [0, 0.05) is 5.69 Å². The van der Waals surface area contributed by atoms with E-state index in [4.69, 9.17) is 5.73 Å². The van der Waals surface area contributed by atoms with Gasteiger partial charge in [0.05, 0.1) is 17.4 Å². The molecule has 0 aliphatic carbocycles. The minimum absolute atomic E-state index is 0.165. The minimum Gasteiger partial charge on any atom is -0.399 e. The van der Waals surface area contributed by atoms with Crippen LogP contribution < -0.4 is 11.1 Å². The van der Waals surface area contributed by atoms with Gasteiger partial charge in [-0.2, -0.15) is 4.39 Å². The second kappa shape index (κ2) is 5.01.